The first-order valence-corrected chi connectivity index (χ1v) is 7.15. The lowest BCUT2D eigenvalue weighted by Gasteiger charge is -2.15. The molecule has 1 N–H and O–H groups in total. The van der Waals surface area contributed by atoms with Gasteiger partial charge in [-0.25, -0.2) is 14.1 Å². The maximum atomic E-state index is 13.6. The van der Waals surface area contributed by atoms with E-state index in [1.165, 1.54) is 18.5 Å². The zero-order valence-corrected chi connectivity index (χ0v) is 12.5. The summed E-state index contributed by atoms with van der Waals surface area (Å²) in [5.41, 5.74) is 1.83. The highest BCUT2D eigenvalue weighted by atomic mass is 19.1. The number of rotatable bonds is 4. The van der Waals surface area contributed by atoms with Gasteiger partial charge in [-0.3, -0.25) is 4.79 Å². The highest BCUT2D eigenvalue weighted by molar-refractivity contribution is 5.94. The summed E-state index contributed by atoms with van der Waals surface area (Å²) in [5.74, 6) is -0.963. The van der Waals surface area contributed by atoms with Gasteiger partial charge in [0.2, 0.25) is 0 Å². The van der Waals surface area contributed by atoms with Crippen molar-refractivity contribution in [1.82, 2.24) is 20.1 Å². The molecule has 1 heterocycles. The molecule has 3 aromatic rings. The fraction of sp³-hybridized carbons (Fsp3) is 0.118. The number of hydrogen-bond acceptors (Lipinski definition) is 3. The van der Waals surface area contributed by atoms with Crippen molar-refractivity contribution in [1.29, 1.82) is 0 Å². The molecule has 1 aromatic heterocycles. The summed E-state index contributed by atoms with van der Waals surface area (Å²) in [6, 6.07) is 13.2. The predicted molar refractivity (Wildman–Crippen MR) is 83.6 cm³/mol. The summed E-state index contributed by atoms with van der Waals surface area (Å²) in [7, 11) is 0. The van der Waals surface area contributed by atoms with Gasteiger partial charge in [-0.2, -0.15) is 5.10 Å². The van der Waals surface area contributed by atoms with Gasteiger partial charge in [-0.05, 0) is 36.8 Å². The summed E-state index contributed by atoms with van der Waals surface area (Å²) in [5, 5.41) is 6.85. The number of nitrogens with zero attached hydrogens (tertiary/aromatic N) is 3. The second kappa shape index (κ2) is 6.39. The average molecular weight is 310 g/mol. The third-order valence-electron chi connectivity index (χ3n) is 3.54. The van der Waals surface area contributed by atoms with Crippen molar-refractivity contribution in [2.24, 2.45) is 0 Å². The van der Waals surface area contributed by atoms with Crippen molar-refractivity contribution in [3.05, 3.63) is 78.1 Å². The van der Waals surface area contributed by atoms with Gasteiger partial charge in [0, 0.05) is 0 Å². The Labute approximate surface area is 132 Å². The van der Waals surface area contributed by atoms with Crippen molar-refractivity contribution in [2.45, 2.75) is 13.0 Å². The van der Waals surface area contributed by atoms with E-state index in [1.54, 1.807) is 23.1 Å². The van der Waals surface area contributed by atoms with Gasteiger partial charge in [0.1, 0.15) is 18.5 Å². The van der Waals surface area contributed by atoms with Gasteiger partial charge in [-0.15, -0.1) is 0 Å². The van der Waals surface area contributed by atoms with Gasteiger partial charge in [0.15, 0.2) is 0 Å². The van der Waals surface area contributed by atoms with E-state index in [0.29, 0.717) is 0 Å². The van der Waals surface area contributed by atoms with E-state index in [4.69, 9.17) is 0 Å². The molecule has 0 aliphatic heterocycles. The highest BCUT2D eigenvalue weighted by Gasteiger charge is 2.14. The number of benzene rings is 2. The lowest BCUT2D eigenvalue weighted by Crippen LogP contribution is -2.27. The van der Waals surface area contributed by atoms with E-state index in [9.17, 15) is 9.18 Å². The maximum absolute atomic E-state index is 13.6. The molecule has 6 heteroatoms. The predicted octanol–water partition coefficient (Wildman–Crippen LogP) is 2.90. The largest absolute Gasteiger partial charge is 0.345 e. The van der Waals surface area contributed by atoms with Crippen LogP contribution in [0.2, 0.25) is 0 Å². The lowest BCUT2D eigenvalue weighted by molar-refractivity contribution is 0.0936. The first-order chi connectivity index (χ1) is 11.1. The first kappa shape index (κ1) is 14.9. The van der Waals surface area contributed by atoms with E-state index in [-0.39, 0.29) is 11.6 Å². The molecule has 5 nitrogen and oxygen atoms in total. The molecular formula is C17H15FN4O. The molecule has 0 saturated heterocycles. The van der Waals surface area contributed by atoms with Crippen molar-refractivity contribution in [3.63, 3.8) is 0 Å². The van der Waals surface area contributed by atoms with Crippen molar-refractivity contribution >= 4 is 5.91 Å². The Balaban J connectivity index is 1.72. The number of carbonyl (C=O) groups excluding carboxylic acids is 1. The normalized spacial score (nSPS) is 11.9. The Hall–Kier alpha value is -3.02. The molecule has 0 fully saturated rings. The second-order valence-electron chi connectivity index (χ2n) is 5.11. The number of amides is 1. The summed E-state index contributed by atoms with van der Waals surface area (Å²) < 4.78 is 15.3. The molecule has 1 amide bonds. The minimum atomic E-state index is -0.529. The van der Waals surface area contributed by atoms with Crippen LogP contribution in [0.5, 0.6) is 0 Å². The number of carbonyl (C=O) groups is 1. The van der Waals surface area contributed by atoms with Crippen LogP contribution in [0.1, 0.15) is 28.9 Å². The van der Waals surface area contributed by atoms with Gasteiger partial charge in [0.25, 0.3) is 5.91 Å². The Morgan fingerprint density at radius 3 is 2.57 bits per heavy atom. The molecule has 116 valence electrons. The molecule has 3 rings (SSSR count). The molecule has 1 atom stereocenters. The van der Waals surface area contributed by atoms with Crippen LogP contribution < -0.4 is 5.32 Å². The van der Waals surface area contributed by atoms with Gasteiger partial charge in [-0.1, -0.05) is 24.3 Å². The zero-order valence-electron chi connectivity index (χ0n) is 12.5. The van der Waals surface area contributed by atoms with Gasteiger partial charge in [0.05, 0.1) is 17.3 Å². The third-order valence-corrected chi connectivity index (χ3v) is 3.54. The van der Waals surface area contributed by atoms with Crippen LogP contribution in [0.25, 0.3) is 5.69 Å². The second-order valence-corrected chi connectivity index (χ2v) is 5.11. The summed E-state index contributed by atoms with van der Waals surface area (Å²) >= 11 is 0. The van der Waals surface area contributed by atoms with Crippen LogP contribution in [0, 0.1) is 5.82 Å². The molecule has 0 aliphatic rings. The van der Waals surface area contributed by atoms with E-state index in [2.05, 4.69) is 15.4 Å². The van der Waals surface area contributed by atoms with E-state index in [0.717, 1.165) is 11.3 Å². The van der Waals surface area contributed by atoms with Gasteiger partial charge < -0.3 is 5.32 Å². The molecule has 0 unspecified atom stereocenters. The standard InChI is InChI=1S/C17H15FN4O/c1-12(21-17(23)15-4-2-3-5-16(15)18)13-6-8-14(9-7-13)22-11-19-10-20-22/h2-12H,1H3,(H,21,23)/t12-/m1/s1. The van der Waals surface area contributed by atoms with Crippen LogP contribution in [-0.4, -0.2) is 20.7 Å². The molecule has 0 spiro atoms. The Morgan fingerprint density at radius 1 is 1.17 bits per heavy atom. The minimum absolute atomic E-state index is 0.0404. The molecule has 0 aliphatic carbocycles. The molecular weight excluding hydrogens is 295 g/mol. The zero-order chi connectivity index (χ0) is 16.2. The van der Waals surface area contributed by atoms with Crippen LogP contribution in [0.3, 0.4) is 0 Å². The fourth-order valence-corrected chi connectivity index (χ4v) is 2.26. The molecule has 23 heavy (non-hydrogen) atoms. The van der Waals surface area contributed by atoms with E-state index >= 15 is 0 Å². The lowest BCUT2D eigenvalue weighted by atomic mass is 10.1. The SMILES string of the molecule is C[C@@H](NC(=O)c1ccccc1F)c1ccc(-n2cncn2)cc1. The topological polar surface area (TPSA) is 59.8 Å². The maximum Gasteiger partial charge on any atom is 0.254 e. The smallest absolute Gasteiger partial charge is 0.254 e. The van der Waals surface area contributed by atoms with Crippen LogP contribution in [0.15, 0.2) is 61.2 Å². The van der Waals surface area contributed by atoms with Crippen LogP contribution in [-0.2, 0) is 0 Å². The minimum Gasteiger partial charge on any atom is -0.345 e. The van der Waals surface area contributed by atoms with Crippen molar-refractivity contribution in [3.8, 4) is 5.69 Å². The van der Waals surface area contributed by atoms with Crippen molar-refractivity contribution < 1.29 is 9.18 Å². The quantitative estimate of drug-likeness (QED) is 0.806. The fourth-order valence-electron chi connectivity index (χ4n) is 2.26. The van der Waals surface area contributed by atoms with E-state index in [1.807, 2.05) is 31.2 Å². The summed E-state index contributed by atoms with van der Waals surface area (Å²) in [6.45, 7) is 1.85. The number of aromatic nitrogens is 3. The average Bonchev–Trinajstić information content (AvgIpc) is 3.09. The monoisotopic (exact) mass is 310 g/mol. The third kappa shape index (κ3) is 3.26. The molecule has 2 aromatic carbocycles. The summed E-state index contributed by atoms with van der Waals surface area (Å²) in [4.78, 5) is 16.0. The van der Waals surface area contributed by atoms with Crippen LogP contribution >= 0.6 is 0 Å². The highest BCUT2D eigenvalue weighted by Crippen LogP contribution is 2.16. The summed E-state index contributed by atoms with van der Waals surface area (Å²) in [6.07, 6.45) is 3.07. The first-order valence-electron chi connectivity index (χ1n) is 7.15. The molecule has 0 saturated carbocycles. The Kier molecular flexibility index (Phi) is 4.14. The molecule has 0 bridgehead atoms. The number of nitrogens with one attached hydrogen (secondary N) is 1. The Bertz CT molecular complexity index is 800. The van der Waals surface area contributed by atoms with E-state index < -0.39 is 11.7 Å². The van der Waals surface area contributed by atoms with Crippen LogP contribution in [0.4, 0.5) is 4.39 Å². The number of halogens is 1. The molecule has 0 radical (unpaired) electrons. The Morgan fingerprint density at radius 2 is 1.91 bits per heavy atom. The van der Waals surface area contributed by atoms with Crippen molar-refractivity contribution in [2.75, 3.05) is 0 Å². The van der Waals surface area contributed by atoms with Gasteiger partial charge >= 0.3 is 0 Å². The number of hydrogen-bond donors (Lipinski definition) is 1.